The summed E-state index contributed by atoms with van der Waals surface area (Å²) in [7, 11) is 0. The van der Waals surface area contributed by atoms with E-state index in [9.17, 15) is 9.59 Å². The van der Waals surface area contributed by atoms with Gasteiger partial charge in [-0.05, 0) is 53.7 Å². The van der Waals surface area contributed by atoms with Gasteiger partial charge in [-0.3, -0.25) is 14.0 Å². The third-order valence-corrected chi connectivity index (χ3v) is 5.20. The molecule has 0 radical (unpaired) electrons. The van der Waals surface area contributed by atoms with Crippen molar-refractivity contribution in [1.29, 1.82) is 0 Å². The normalized spacial score (nSPS) is 15.2. The highest BCUT2D eigenvalue weighted by Gasteiger charge is 2.21. The summed E-state index contributed by atoms with van der Waals surface area (Å²) in [5.41, 5.74) is 1.21. The van der Waals surface area contributed by atoms with Crippen LogP contribution in [0.15, 0.2) is 22.8 Å². The molecule has 0 aliphatic heterocycles. The Kier molecular flexibility index (Phi) is 6.29. The first kappa shape index (κ1) is 18.9. The second-order valence-corrected chi connectivity index (χ2v) is 7.64. The van der Waals surface area contributed by atoms with E-state index in [0.29, 0.717) is 36.1 Å². The lowest BCUT2D eigenvalue weighted by molar-refractivity contribution is -0.142. The Labute approximate surface area is 161 Å². The molecule has 7 heteroatoms. The minimum Gasteiger partial charge on any atom is -0.466 e. The van der Waals surface area contributed by atoms with E-state index in [4.69, 9.17) is 4.74 Å². The van der Waals surface area contributed by atoms with Crippen molar-refractivity contribution >= 4 is 39.3 Å². The van der Waals surface area contributed by atoms with Crippen LogP contribution in [0.1, 0.15) is 51.1 Å². The van der Waals surface area contributed by atoms with Gasteiger partial charge in [0.15, 0.2) is 0 Å². The Morgan fingerprint density at radius 2 is 2.08 bits per heavy atom. The Bertz CT molecular complexity index is 797. The standard InChI is InChI=1S/C19H24BrN3O3/c1-2-26-18(25)11-15-19(23-12-14(20)8-9-16(23)21-15)22-17(24)10-13-6-4-3-5-7-13/h8-9,12-13H,2-7,10-11H2,1H3,(H,22,24). The fourth-order valence-corrected chi connectivity index (χ4v) is 3.85. The van der Waals surface area contributed by atoms with Gasteiger partial charge in [-0.25, -0.2) is 4.98 Å². The van der Waals surface area contributed by atoms with Crippen molar-refractivity contribution in [3.05, 3.63) is 28.5 Å². The van der Waals surface area contributed by atoms with Crippen molar-refractivity contribution in [2.75, 3.05) is 11.9 Å². The Morgan fingerprint density at radius 1 is 1.31 bits per heavy atom. The van der Waals surface area contributed by atoms with Crippen LogP contribution < -0.4 is 5.32 Å². The number of hydrogen-bond donors (Lipinski definition) is 1. The molecule has 0 spiro atoms. The summed E-state index contributed by atoms with van der Waals surface area (Å²) in [6, 6.07) is 3.72. The fourth-order valence-electron chi connectivity index (χ4n) is 3.51. The second-order valence-electron chi connectivity index (χ2n) is 6.72. The number of amides is 1. The molecular formula is C19H24BrN3O3. The van der Waals surface area contributed by atoms with Gasteiger partial charge < -0.3 is 10.1 Å². The molecule has 0 saturated heterocycles. The number of esters is 1. The largest absolute Gasteiger partial charge is 0.466 e. The molecule has 0 unspecified atom stereocenters. The van der Waals surface area contributed by atoms with Crippen molar-refractivity contribution in [2.24, 2.45) is 5.92 Å². The number of ether oxygens (including phenoxy) is 1. The molecule has 1 saturated carbocycles. The Balaban J connectivity index is 1.82. The van der Waals surface area contributed by atoms with Crippen LogP contribution in [0.25, 0.3) is 5.65 Å². The van der Waals surface area contributed by atoms with Gasteiger partial charge in [0.2, 0.25) is 5.91 Å². The van der Waals surface area contributed by atoms with Gasteiger partial charge in [-0.2, -0.15) is 0 Å². The molecule has 0 bridgehead atoms. The first-order valence-corrected chi connectivity index (χ1v) is 9.98. The lowest BCUT2D eigenvalue weighted by atomic mass is 9.87. The first-order valence-electron chi connectivity index (χ1n) is 9.18. The van der Waals surface area contributed by atoms with Crippen molar-refractivity contribution in [2.45, 2.75) is 51.9 Å². The van der Waals surface area contributed by atoms with Crippen molar-refractivity contribution in [3.63, 3.8) is 0 Å². The third kappa shape index (κ3) is 4.63. The lowest BCUT2D eigenvalue weighted by Gasteiger charge is -2.20. The van der Waals surface area contributed by atoms with Crippen LogP contribution in [0.4, 0.5) is 5.82 Å². The van der Waals surface area contributed by atoms with Gasteiger partial charge in [0.1, 0.15) is 11.5 Å². The van der Waals surface area contributed by atoms with E-state index in [2.05, 4.69) is 26.2 Å². The summed E-state index contributed by atoms with van der Waals surface area (Å²) in [5.74, 6) is 0.625. The maximum absolute atomic E-state index is 12.6. The van der Waals surface area contributed by atoms with Crippen LogP contribution in [0, 0.1) is 5.92 Å². The summed E-state index contributed by atoms with van der Waals surface area (Å²) >= 11 is 3.44. The highest BCUT2D eigenvalue weighted by molar-refractivity contribution is 9.10. The van der Waals surface area contributed by atoms with E-state index in [0.717, 1.165) is 17.3 Å². The molecule has 26 heavy (non-hydrogen) atoms. The van der Waals surface area contributed by atoms with Gasteiger partial charge in [0.25, 0.3) is 0 Å². The van der Waals surface area contributed by atoms with E-state index in [1.54, 1.807) is 11.3 Å². The maximum Gasteiger partial charge on any atom is 0.312 e. The molecule has 0 atom stereocenters. The number of pyridine rings is 1. The number of halogens is 1. The molecule has 1 amide bonds. The molecule has 2 aromatic heterocycles. The molecule has 2 heterocycles. The van der Waals surface area contributed by atoms with Gasteiger partial charge >= 0.3 is 5.97 Å². The summed E-state index contributed by atoms with van der Waals surface area (Å²) in [5, 5.41) is 2.99. The SMILES string of the molecule is CCOC(=O)Cc1nc2ccc(Br)cn2c1NC(=O)CC1CCCCC1. The molecular weight excluding hydrogens is 398 g/mol. The van der Waals surface area contributed by atoms with E-state index >= 15 is 0 Å². The number of nitrogens with zero attached hydrogens (tertiary/aromatic N) is 2. The minimum absolute atomic E-state index is 0.0243. The summed E-state index contributed by atoms with van der Waals surface area (Å²) in [4.78, 5) is 29.0. The van der Waals surface area contributed by atoms with Crippen LogP contribution in [0.3, 0.4) is 0 Å². The minimum atomic E-state index is -0.349. The van der Waals surface area contributed by atoms with Crippen LogP contribution in [0.2, 0.25) is 0 Å². The highest BCUT2D eigenvalue weighted by atomic mass is 79.9. The number of nitrogens with one attached hydrogen (secondary N) is 1. The zero-order chi connectivity index (χ0) is 18.5. The second kappa shape index (κ2) is 8.66. The number of fused-ring (bicyclic) bond motifs is 1. The van der Waals surface area contributed by atoms with Crippen LogP contribution in [0.5, 0.6) is 0 Å². The van der Waals surface area contributed by atoms with Crippen molar-refractivity contribution < 1.29 is 14.3 Å². The Morgan fingerprint density at radius 3 is 2.81 bits per heavy atom. The van der Waals surface area contributed by atoms with Crippen molar-refractivity contribution in [3.8, 4) is 0 Å². The quantitative estimate of drug-likeness (QED) is 0.712. The highest BCUT2D eigenvalue weighted by Crippen LogP contribution is 2.27. The monoisotopic (exact) mass is 421 g/mol. The number of carbonyl (C=O) groups is 2. The predicted molar refractivity (Wildman–Crippen MR) is 103 cm³/mol. The molecule has 2 aromatic rings. The number of imidazole rings is 1. The summed E-state index contributed by atoms with van der Waals surface area (Å²) in [6.07, 6.45) is 8.29. The number of hydrogen-bond acceptors (Lipinski definition) is 4. The van der Waals surface area contributed by atoms with Crippen LogP contribution >= 0.6 is 15.9 Å². The summed E-state index contributed by atoms with van der Waals surface area (Å²) in [6.45, 7) is 2.09. The zero-order valence-corrected chi connectivity index (χ0v) is 16.5. The van der Waals surface area contributed by atoms with Crippen LogP contribution in [-0.4, -0.2) is 27.9 Å². The first-order chi connectivity index (χ1) is 12.6. The number of anilines is 1. The average Bonchev–Trinajstić information content (AvgIpc) is 2.92. The Hall–Kier alpha value is -1.89. The molecule has 6 nitrogen and oxygen atoms in total. The van der Waals surface area contributed by atoms with E-state index in [1.165, 1.54) is 19.3 Å². The maximum atomic E-state index is 12.6. The molecule has 1 aliphatic carbocycles. The van der Waals surface area contributed by atoms with Gasteiger partial charge in [-0.1, -0.05) is 19.3 Å². The third-order valence-electron chi connectivity index (χ3n) is 4.73. The molecule has 1 N–H and O–H groups in total. The fraction of sp³-hybridized carbons (Fsp3) is 0.526. The van der Waals surface area contributed by atoms with E-state index < -0.39 is 0 Å². The molecule has 1 aliphatic rings. The lowest BCUT2D eigenvalue weighted by Crippen LogP contribution is -2.20. The zero-order valence-electron chi connectivity index (χ0n) is 15.0. The number of rotatable bonds is 6. The molecule has 140 valence electrons. The molecule has 1 fully saturated rings. The summed E-state index contributed by atoms with van der Waals surface area (Å²) < 4.78 is 7.71. The van der Waals surface area contributed by atoms with Gasteiger partial charge in [-0.15, -0.1) is 0 Å². The number of carbonyl (C=O) groups excluding carboxylic acids is 2. The van der Waals surface area contributed by atoms with Crippen molar-refractivity contribution in [1.82, 2.24) is 9.38 Å². The predicted octanol–water partition coefficient (Wildman–Crippen LogP) is 4.11. The average molecular weight is 422 g/mol. The smallest absolute Gasteiger partial charge is 0.312 e. The van der Waals surface area contributed by atoms with Crippen LogP contribution in [-0.2, 0) is 20.7 Å². The van der Waals surface area contributed by atoms with Gasteiger partial charge in [0.05, 0.1) is 18.7 Å². The molecule has 3 rings (SSSR count). The topological polar surface area (TPSA) is 72.7 Å². The molecule has 0 aromatic carbocycles. The number of aromatic nitrogens is 2. The van der Waals surface area contributed by atoms with E-state index in [-0.39, 0.29) is 18.3 Å². The van der Waals surface area contributed by atoms with Gasteiger partial charge in [0, 0.05) is 17.1 Å². The van der Waals surface area contributed by atoms with E-state index in [1.807, 2.05) is 18.3 Å².